The van der Waals surface area contributed by atoms with Gasteiger partial charge in [-0.25, -0.2) is 4.79 Å². The van der Waals surface area contributed by atoms with Crippen LogP contribution in [0, 0.1) is 0 Å². The lowest BCUT2D eigenvalue weighted by Gasteiger charge is -2.30. The summed E-state index contributed by atoms with van der Waals surface area (Å²) < 4.78 is 6.53. The van der Waals surface area contributed by atoms with E-state index in [4.69, 9.17) is 4.74 Å². The molecule has 0 radical (unpaired) electrons. The lowest BCUT2D eigenvalue weighted by molar-refractivity contribution is -0.119. The number of carbonyl (C=O) groups is 3. The van der Waals surface area contributed by atoms with E-state index in [-0.39, 0.29) is 24.4 Å². The maximum absolute atomic E-state index is 13.6. The summed E-state index contributed by atoms with van der Waals surface area (Å²) in [5.74, 6) is -0.669. The molecule has 9 nitrogen and oxygen atoms in total. The van der Waals surface area contributed by atoms with Crippen LogP contribution in [0.2, 0.25) is 0 Å². The second-order valence-electron chi connectivity index (χ2n) is 10.7. The molecule has 42 heavy (non-hydrogen) atoms. The van der Waals surface area contributed by atoms with Gasteiger partial charge in [-0.05, 0) is 66.8 Å². The van der Waals surface area contributed by atoms with E-state index in [1.54, 1.807) is 29.2 Å². The van der Waals surface area contributed by atoms with Crippen molar-refractivity contribution in [2.75, 3.05) is 28.8 Å². The number of ether oxygens (including phenoxy) is 1. The van der Waals surface area contributed by atoms with Crippen LogP contribution in [0.15, 0.2) is 85.2 Å². The summed E-state index contributed by atoms with van der Waals surface area (Å²) in [6.07, 6.45) is 6.22. The van der Waals surface area contributed by atoms with Gasteiger partial charge in [0, 0.05) is 41.9 Å². The first-order chi connectivity index (χ1) is 20.5. The van der Waals surface area contributed by atoms with Gasteiger partial charge in [-0.2, -0.15) is 5.10 Å². The van der Waals surface area contributed by atoms with E-state index in [2.05, 4.69) is 21.4 Å². The zero-order valence-electron chi connectivity index (χ0n) is 23.1. The summed E-state index contributed by atoms with van der Waals surface area (Å²) in [4.78, 5) is 43.0. The molecule has 0 bridgehead atoms. The van der Waals surface area contributed by atoms with Crippen molar-refractivity contribution in [3.05, 3.63) is 107 Å². The van der Waals surface area contributed by atoms with Gasteiger partial charge in [0.2, 0.25) is 5.91 Å². The Bertz CT molecular complexity index is 1740. The molecule has 1 aromatic heterocycles. The van der Waals surface area contributed by atoms with E-state index in [1.807, 2.05) is 59.5 Å². The minimum Gasteiger partial charge on any atom is -0.465 e. The van der Waals surface area contributed by atoms with Crippen LogP contribution in [-0.2, 0) is 27.3 Å². The highest BCUT2D eigenvalue weighted by Crippen LogP contribution is 2.46. The van der Waals surface area contributed by atoms with Crippen molar-refractivity contribution in [2.45, 2.75) is 31.8 Å². The molecule has 2 amide bonds. The number of rotatable bonds is 7. The number of esters is 1. The number of aromatic nitrogens is 2. The fourth-order valence-electron chi connectivity index (χ4n) is 5.92. The van der Waals surface area contributed by atoms with Crippen molar-refractivity contribution in [1.29, 1.82) is 0 Å². The highest BCUT2D eigenvalue weighted by atomic mass is 16.5. The number of nitrogens with one attached hydrogen (secondary N) is 1. The first-order valence-electron chi connectivity index (χ1n) is 14.1. The number of amides is 2. The predicted octanol–water partition coefficient (Wildman–Crippen LogP) is 4.75. The minimum absolute atomic E-state index is 0.00176. The molecule has 1 fully saturated rings. The normalized spacial score (nSPS) is 16.5. The quantitative estimate of drug-likeness (QED) is 0.259. The molecule has 1 aliphatic carbocycles. The van der Waals surface area contributed by atoms with Crippen molar-refractivity contribution in [3.8, 4) is 0 Å². The van der Waals surface area contributed by atoms with Crippen molar-refractivity contribution in [2.24, 2.45) is 0 Å². The third-order valence-electron chi connectivity index (χ3n) is 8.02. The van der Waals surface area contributed by atoms with Crippen molar-refractivity contribution >= 4 is 46.1 Å². The Balaban J connectivity index is 1.32. The molecule has 0 unspecified atom stereocenters. The highest BCUT2D eigenvalue weighted by molar-refractivity contribution is 6.38. The largest absolute Gasteiger partial charge is 0.465 e. The molecule has 3 aliphatic rings. The van der Waals surface area contributed by atoms with Crippen LogP contribution in [0.3, 0.4) is 0 Å². The predicted molar refractivity (Wildman–Crippen MR) is 160 cm³/mol. The average Bonchev–Trinajstić information content (AvgIpc) is 3.39. The Hall–Kier alpha value is -5.18. The number of anilines is 3. The van der Waals surface area contributed by atoms with E-state index in [9.17, 15) is 14.4 Å². The molecule has 1 N–H and O–H groups in total. The molecular formula is C33H29N5O4. The van der Waals surface area contributed by atoms with Crippen LogP contribution >= 0.6 is 0 Å². The van der Waals surface area contributed by atoms with E-state index >= 15 is 0 Å². The van der Waals surface area contributed by atoms with Gasteiger partial charge in [0.25, 0.3) is 5.91 Å². The first-order valence-corrected chi connectivity index (χ1v) is 14.1. The fourth-order valence-corrected chi connectivity index (χ4v) is 5.92. The van der Waals surface area contributed by atoms with Gasteiger partial charge in [-0.1, -0.05) is 36.4 Å². The Labute approximate surface area is 243 Å². The second-order valence-corrected chi connectivity index (χ2v) is 10.7. The molecule has 2 aliphatic heterocycles. The van der Waals surface area contributed by atoms with E-state index in [0.29, 0.717) is 23.4 Å². The van der Waals surface area contributed by atoms with Gasteiger partial charge in [0.15, 0.2) is 0 Å². The molecule has 1 saturated carbocycles. The summed E-state index contributed by atoms with van der Waals surface area (Å²) in [6, 6.07) is 23.4. The topological polar surface area (TPSA) is 96.8 Å². The van der Waals surface area contributed by atoms with Crippen molar-refractivity contribution < 1.29 is 19.1 Å². The maximum atomic E-state index is 13.6. The molecular weight excluding hydrogens is 530 g/mol. The number of hydrogen-bond donors (Lipinski definition) is 1. The zero-order valence-corrected chi connectivity index (χ0v) is 23.1. The van der Waals surface area contributed by atoms with Crippen LogP contribution in [0.1, 0.15) is 39.9 Å². The smallest absolute Gasteiger partial charge is 0.337 e. The minimum atomic E-state index is -0.456. The number of fused-ring (bicyclic) bond motifs is 2. The highest BCUT2D eigenvalue weighted by Gasteiger charge is 2.38. The van der Waals surface area contributed by atoms with E-state index < -0.39 is 5.97 Å². The van der Waals surface area contributed by atoms with Crippen LogP contribution in [0.4, 0.5) is 17.1 Å². The van der Waals surface area contributed by atoms with Gasteiger partial charge in [-0.15, -0.1) is 0 Å². The summed E-state index contributed by atoms with van der Waals surface area (Å²) in [5.41, 5.74) is 7.02. The molecule has 0 atom stereocenters. The second kappa shape index (κ2) is 10.3. The Morgan fingerprint density at radius 3 is 2.60 bits per heavy atom. The Morgan fingerprint density at radius 1 is 1.02 bits per heavy atom. The summed E-state index contributed by atoms with van der Waals surface area (Å²) in [6.45, 7) is 0.812. The summed E-state index contributed by atoms with van der Waals surface area (Å²) in [7, 11) is 1.34. The number of hydrogen-bond acceptors (Lipinski definition) is 6. The fraction of sp³-hybridized carbons (Fsp3) is 0.212. The standard InChI is InChI=1S/C33H29N5O4/c1-42-33(41)23-8-12-26-27(19-23)35-32(40)30(26)31(21-6-3-2-4-7-21)38(24-9-10-24)25-11-13-28-22(18-25)14-17-37(28)29(39)20-36-16-5-15-34-36/h2-8,11-13,15-16,18-19,24H,9-10,14,17,20H2,1H3,(H,35,40)/b31-30-. The third kappa shape index (κ3) is 4.52. The van der Waals surface area contributed by atoms with Gasteiger partial charge in [0.1, 0.15) is 6.54 Å². The van der Waals surface area contributed by atoms with Crippen LogP contribution in [-0.4, -0.2) is 47.3 Å². The summed E-state index contributed by atoms with van der Waals surface area (Å²) in [5, 5.41) is 7.15. The Morgan fingerprint density at radius 2 is 1.86 bits per heavy atom. The number of carbonyl (C=O) groups excluding carboxylic acids is 3. The van der Waals surface area contributed by atoms with Crippen LogP contribution in [0.5, 0.6) is 0 Å². The van der Waals surface area contributed by atoms with Gasteiger partial charge in [-0.3, -0.25) is 14.3 Å². The molecule has 4 aromatic rings. The lowest BCUT2D eigenvalue weighted by atomic mass is 9.97. The van der Waals surface area contributed by atoms with Crippen LogP contribution < -0.4 is 15.1 Å². The number of benzene rings is 3. The molecule has 3 heterocycles. The number of methoxy groups -OCH3 is 1. The maximum Gasteiger partial charge on any atom is 0.337 e. The van der Waals surface area contributed by atoms with Crippen molar-refractivity contribution in [3.63, 3.8) is 0 Å². The first kappa shape index (κ1) is 25.8. The zero-order chi connectivity index (χ0) is 28.8. The molecule has 0 spiro atoms. The third-order valence-corrected chi connectivity index (χ3v) is 8.02. The monoisotopic (exact) mass is 559 g/mol. The summed E-state index contributed by atoms with van der Waals surface area (Å²) >= 11 is 0. The molecule has 7 rings (SSSR count). The van der Waals surface area contributed by atoms with Crippen molar-refractivity contribution in [1.82, 2.24) is 9.78 Å². The van der Waals surface area contributed by atoms with Gasteiger partial charge in [0.05, 0.1) is 29.6 Å². The van der Waals surface area contributed by atoms with Gasteiger partial charge >= 0.3 is 5.97 Å². The SMILES string of the molecule is COC(=O)c1ccc2c(c1)NC(=O)/C2=C(/c1ccccc1)N(c1ccc2c(c1)CCN2C(=O)Cn1cccn1)C1CC1. The number of nitrogens with zero attached hydrogens (tertiary/aromatic N) is 4. The lowest BCUT2D eigenvalue weighted by Crippen LogP contribution is -2.32. The molecule has 3 aromatic carbocycles. The molecule has 210 valence electrons. The molecule has 0 saturated heterocycles. The van der Waals surface area contributed by atoms with Gasteiger partial charge < -0.3 is 19.9 Å². The molecule has 9 heteroatoms. The van der Waals surface area contributed by atoms with E-state index in [0.717, 1.165) is 53.0 Å². The average molecular weight is 560 g/mol. The van der Waals surface area contributed by atoms with Crippen LogP contribution in [0.25, 0.3) is 11.3 Å². The Kier molecular flexibility index (Phi) is 6.34. The van der Waals surface area contributed by atoms with E-state index in [1.165, 1.54) is 7.11 Å².